The first-order chi connectivity index (χ1) is 16.1. The van der Waals surface area contributed by atoms with Gasteiger partial charge in [0.15, 0.2) is 11.0 Å². The number of imide groups is 1. The van der Waals surface area contributed by atoms with E-state index in [0.29, 0.717) is 0 Å². The molecule has 0 saturated carbocycles. The summed E-state index contributed by atoms with van der Waals surface area (Å²) >= 11 is 17.4. The molecule has 2 aromatic carbocycles. The number of aromatic nitrogens is 2. The highest BCUT2D eigenvalue weighted by molar-refractivity contribution is 7.92. The molecule has 0 unspecified atom stereocenters. The van der Waals surface area contributed by atoms with Gasteiger partial charge in [0.1, 0.15) is 16.5 Å². The maximum atomic E-state index is 13.4. The summed E-state index contributed by atoms with van der Waals surface area (Å²) in [6.45, 7) is 0. The number of carbonyl (C=O) groups excluding carboxylic acids is 2. The Morgan fingerprint density at radius 2 is 1.59 bits per heavy atom. The highest BCUT2D eigenvalue weighted by atomic mass is 35.5. The van der Waals surface area contributed by atoms with Crippen LogP contribution in [-0.4, -0.2) is 30.4 Å². The third-order valence-corrected chi connectivity index (χ3v) is 6.71. The summed E-state index contributed by atoms with van der Waals surface area (Å²) in [5.74, 6) is -2.36. The number of hydrogen-bond acceptors (Lipinski definition) is 7. The average Bonchev–Trinajstić information content (AvgIpc) is 3.01. The van der Waals surface area contributed by atoms with Crippen molar-refractivity contribution in [2.24, 2.45) is 0 Å². The van der Waals surface area contributed by atoms with E-state index in [4.69, 9.17) is 34.8 Å². The van der Waals surface area contributed by atoms with Gasteiger partial charge in [0.25, 0.3) is 21.8 Å². The fraction of sp³-hybridized carbons (Fsp3) is 0. The molecule has 0 atom stereocenters. The van der Waals surface area contributed by atoms with Gasteiger partial charge in [-0.1, -0.05) is 34.8 Å². The first-order valence-electron chi connectivity index (χ1n) is 9.19. The Bertz CT molecular complexity index is 1450. The third kappa shape index (κ3) is 4.68. The lowest BCUT2D eigenvalue weighted by Crippen LogP contribution is -2.32. The van der Waals surface area contributed by atoms with E-state index in [1.54, 1.807) is 0 Å². The normalized spacial score (nSPS) is 14.1. The Morgan fingerprint density at radius 3 is 2.21 bits per heavy atom. The van der Waals surface area contributed by atoms with E-state index in [1.807, 2.05) is 0 Å². The van der Waals surface area contributed by atoms with Crippen molar-refractivity contribution < 1.29 is 22.4 Å². The molecule has 14 heteroatoms. The molecule has 0 bridgehead atoms. The number of nitrogens with one attached hydrogen (secondary N) is 2. The molecule has 0 radical (unpaired) electrons. The summed E-state index contributed by atoms with van der Waals surface area (Å²) < 4.78 is 40.8. The minimum absolute atomic E-state index is 0.0282. The zero-order chi connectivity index (χ0) is 24.6. The van der Waals surface area contributed by atoms with Gasteiger partial charge in [0, 0.05) is 5.69 Å². The first kappa shape index (κ1) is 23.9. The fourth-order valence-electron chi connectivity index (χ4n) is 2.90. The molecule has 2 N–H and O–H groups in total. The summed E-state index contributed by atoms with van der Waals surface area (Å²) in [4.78, 5) is 26.0. The summed E-state index contributed by atoms with van der Waals surface area (Å²) in [5, 5.41) is 9.33. The Kier molecular flexibility index (Phi) is 6.45. The molecule has 4 rings (SSSR count). The number of nitrogens with zero attached hydrogens (tertiary/aromatic N) is 3. The molecular formula is C20H11Cl3FN5O4S. The van der Waals surface area contributed by atoms with Gasteiger partial charge in [-0.25, -0.2) is 17.7 Å². The van der Waals surface area contributed by atoms with Crippen LogP contribution in [0.15, 0.2) is 70.2 Å². The van der Waals surface area contributed by atoms with Crippen LogP contribution in [0.4, 0.5) is 21.6 Å². The van der Waals surface area contributed by atoms with Gasteiger partial charge in [-0.05, 0) is 54.6 Å². The Balaban J connectivity index is 1.52. The molecule has 9 nitrogen and oxygen atoms in total. The summed E-state index contributed by atoms with van der Waals surface area (Å²) in [5.41, 5.74) is 0.0740. The van der Waals surface area contributed by atoms with E-state index in [2.05, 4.69) is 20.2 Å². The predicted octanol–water partition coefficient (Wildman–Crippen LogP) is 4.16. The Hall–Kier alpha value is -3.25. The van der Waals surface area contributed by atoms with Crippen molar-refractivity contribution in [1.82, 2.24) is 10.2 Å². The second-order valence-electron chi connectivity index (χ2n) is 6.73. The lowest BCUT2D eigenvalue weighted by atomic mass is 10.2. The van der Waals surface area contributed by atoms with Gasteiger partial charge < -0.3 is 5.32 Å². The number of benzene rings is 2. The quantitative estimate of drug-likeness (QED) is 0.449. The zero-order valence-corrected chi connectivity index (χ0v) is 19.7. The van der Waals surface area contributed by atoms with Crippen LogP contribution < -0.4 is 14.9 Å². The van der Waals surface area contributed by atoms with E-state index in [1.165, 1.54) is 42.5 Å². The monoisotopic (exact) mass is 541 g/mol. The number of carbonyl (C=O) groups is 2. The van der Waals surface area contributed by atoms with E-state index >= 15 is 0 Å². The topological polar surface area (TPSA) is 121 Å². The average molecular weight is 543 g/mol. The van der Waals surface area contributed by atoms with Crippen LogP contribution in [0.25, 0.3) is 0 Å². The second kappa shape index (κ2) is 9.18. The molecule has 1 aliphatic rings. The van der Waals surface area contributed by atoms with Gasteiger partial charge in [-0.2, -0.15) is 0 Å². The van der Waals surface area contributed by atoms with E-state index in [9.17, 15) is 22.4 Å². The minimum atomic E-state index is -3.99. The van der Waals surface area contributed by atoms with Gasteiger partial charge in [-0.3, -0.25) is 14.3 Å². The van der Waals surface area contributed by atoms with Crippen molar-refractivity contribution in [3.05, 3.63) is 81.3 Å². The highest BCUT2D eigenvalue weighted by Crippen LogP contribution is 2.32. The summed E-state index contributed by atoms with van der Waals surface area (Å²) in [7, 11) is -3.99. The first-order valence-corrected chi connectivity index (χ1v) is 11.8. The molecule has 3 aromatic rings. The molecule has 34 heavy (non-hydrogen) atoms. The number of halogens is 4. The van der Waals surface area contributed by atoms with Crippen LogP contribution in [-0.2, 0) is 19.6 Å². The summed E-state index contributed by atoms with van der Waals surface area (Å²) in [6.07, 6.45) is 0. The van der Waals surface area contributed by atoms with Crippen molar-refractivity contribution in [3.63, 3.8) is 0 Å². The standard InChI is InChI=1S/C20H11Cl3FN5O4S/c21-13-9-11(3-6-14(13)24)29-19(30)17(23)18(20(29)31)25-10-1-4-12(5-2-10)34(32,33)28-16-8-7-15(22)26-27-16/h1-9,25H,(H,27,28). The van der Waals surface area contributed by atoms with Crippen molar-refractivity contribution in [3.8, 4) is 0 Å². The summed E-state index contributed by atoms with van der Waals surface area (Å²) in [6, 6.07) is 11.3. The van der Waals surface area contributed by atoms with Crippen LogP contribution in [0, 0.1) is 5.82 Å². The Labute approximate surface area is 207 Å². The molecular weight excluding hydrogens is 532 g/mol. The second-order valence-corrected chi connectivity index (χ2v) is 9.58. The van der Waals surface area contributed by atoms with Crippen molar-refractivity contribution in [2.75, 3.05) is 14.9 Å². The van der Waals surface area contributed by atoms with Crippen LogP contribution >= 0.6 is 34.8 Å². The molecule has 0 spiro atoms. The van der Waals surface area contributed by atoms with Crippen LogP contribution in [0.2, 0.25) is 10.2 Å². The van der Waals surface area contributed by atoms with E-state index in [-0.39, 0.29) is 38.0 Å². The fourth-order valence-corrected chi connectivity index (χ4v) is 4.38. The molecule has 1 aromatic heterocycles. The van der Waals surface area contributed by atoms with Crippen LogP contribution in [0.3, 0.4) is 0 Å². The van der Waals surface area contributed by atoms with Gasteiger partial charge >= 0.3 is 0 Å². The van der Waals surface area contributed by atoms with E-state index in [0.717, 1.165) is 17.0 Å². The van der Waals surface area contributed by atoms with Crippen molar-refractivity contribution in [2.45, 2.75) is 4.90 Å². The SMILES string of the molecule is O=C1C(Cl)=C(Nc2ccc(S(=O)(=O)Nc3ccc(Cl)nn3)cc2)C(=O)N1c1ccc(F)c(Cl)c1. The van der Waals surface area contributed by atoms with E-state index < -0.39 is 32.7 Å². The molecule has 2 amide bonds. The molecule has 0 aliphatic carbocycles. The molecule has 0 saturated heterocycles. The van der Waals surface area contributed by atoms with Crippen molar-refractivity contribution in [1.29, 1.82) is 0 Å². The highest BCUT2D eigenvalue weighted by Gasteiger charge is 2.39. The largest absolute Gasteiger partial charge is 0.350 e. The molecule has 1 aliphatic heterocycles. The molecule has 174 valence electrons. The maximum Gasteiger partial charge on any atom is 0.283 e. The smallest absolute Gasteiger partial charge is 0.283 e. The third-order valence-electron chi connectivity index (χ3n) is 4.49. The molecule has 2 heterocycles. The van der Waals surface area contributed by atoms with Crippen LogP contribution in [0.1, 0.15) is 0 Å². The van der Waals surface area contributed by atoms with Gasteiger partial charge in [0.2, 0.25) is 0 Å². The number of rotatable bonds is 6. The molecule has 0 fully saturated rings. The van der Waals surface area contributed by atoms with Crippen LogP contribution in [0.5, 0.6) is 0 Å². The maximum absolute atomic E-state index is 13.4. The lowest BCUT2D eigenvalue weighted by Gasteiger charge is -2.15. The number of hydrogen-bond donors (Lipinski definition) is 2. The number of sulfonamides is 1. The lowest BCUT2D eigenvalue weighted by molar-refractivity contribution is -0.120. The van der Waals surface area contributed by atoms with Crippen molar-refractivity contribution >= 4 is 73.8 Å². The van der Waals surface area contributed by atoms with Gasteiger partial charge in [-0.15, -0.1) is 10.2 Å². The number of amides is 2. The zero-order valence-electron chi connectivity index (χ0n) is 16.6. The Morgan fingerprint density at radius 1 is 0.882 bits per heavy atom. The number of anilines is 3. The van der Waals surface area contributed by atoms with Gasteiger partial charge in [0.05, 0.1) is 15.6 Å². The minimum Gasteiger partial charge on any atom is -0.350 e. The predicted molar refractivity (Wildman–Crippen MR) is 125 cm³/mol.